The molecule has 0 aromatic carbocycles. The Hall–Kier alpha value is 1.14. The molecule has 0 saturated carbocycles. The average molecular weight is 292 g/mol. The van der Waals surface area contributed by atoms with Crippen molar-refractivity contribution in [3.05, 3.63) is 6.79 Å². The van der Waals surface area contributed by atoms with Crippen LogP contribution in [0.3, 0.4) is 0 Å². The molecule has 5 heteroatoms. The third kappa shape index (κ3) is 1.81. The molecule has 2 aliphatic heterocycles. The van der Waals surface area contributed by atoms with E-state index in [2.05, 4.69) is 0 Å². The largest absolute Gasteiger partial charge is 0.519 e. The SMILES string of the molecule is [B][C@H]1O[C@@H](CC)C2O[CH-]OC21.[La]. The maximum Gasteiger partial charge on any atom is 0.112 e. The van der Waals surface area contributed by atoms with Crippen molar-refractivity contribution < 1.29 is 49.8 Å². The fourth-order valence-electron chi connectivity index (χ4n) is 1.56. The topological polar surface area (TPSA) is 27.7 Å². The Morgan fingerprint density at radius 3 is 2.67 bits per heavy atom. The van der Waals surface area contributed by atoms with Crippen molar-refractivity contribution in [2.45, 2.75) is 37.7 Å². The Morgan fingerprint density at radius 2 is 2.00 bits per heavy atom. The molecule has 0 aromatic heterocycles. The van der Waals surface area contributed by atoms with Gasteiger partial charge in [-0.1, -0.05) is 13.7 Å². The van der Waals surface area contributed by atoms with E-state index in [9.17, 15) is 0 Å². The average Bonchev–Trinajstić information content (AvgIpc) is 2.54. The Labute approximate surface area is 102 Å². The zero-order valence-corrected chi connectivity index (χ0v) is 10.6. The van der Waals surface area contributed by atoms with Crippen molar-refractivity contribution >= 4 is 7.85 Å². The standard InChI is InChI=1S/C7H10BO3.La/c1-2-4-5-6(7(8)11-4)10-3-9-5;/h3-7H,2H2,1H3;/q-1;/t4-,5?,6?,7-;/m0./s1. The Kier molecular flexibility index (Phi) is 4.28. The molecule has 2 aliphatic rings. The monoisotopic (exact) mass is 292 g/mol. The van der Waals surface area contributed by atoms with Gasteiger partial charge in [-0.25, -0.2) is 0 Å². The molecule has 2 saturated heterocycles. The Bertz CT molecular complexity index is 158. The minimum atomic E-state index is -0.330. The first-order chi connectivity index (χ1) is 5.33. The normalized spacial score (nSPS) is 45.4. The molecule has 3 nitrogen and oxygen atoms in total. The molecule has 12 heavy (non-hydrogen) atoms. The van der Waals surface area contributed by atoms with Gasteiger partial charge in [-0.15, -0.1) is 0 Å². The van der Waals surface area contributed by atoms with Crippen molar-refractivity contribution in [1.29, 1.82) is 0 Å². The van der Waals surface area contributed by atoms with E-state index in [1.54, 1.807) is 0 Å². The summed E-state index contributed by atoms with van der Waals surface area (Å²) in [5, 5.41) is 0. The van der Waals surface area contributed by atoms with Gasteiger partial charge in [0.25, 0.3) is 0 Å². The molecular formula is C7H10BLaO3-. The third-order valence-corrected chi connectivity index (χ3v) is 2.17. The van der Waals surface area contributed by atoms with Crippen LogP contribution in [0.1, 0.15) is 13.3 Å². The van der Waals surface area contributed by atoms with Crippen molar-refractivity contribution in [2.75, 3.05) is 0 Å². The van der Waals surface area contributed by atoms with Crippen LogP contribution in [0.5, 0.6) is 0 Å². The maximum atomic E-state index is 5.64. The van der Waals surface area contributed by atoms with Crippen LogP contribution in [0.2, 0.25) is 0 Å². The van der Waals surface area contributed by atoms with E-state index in [4.69, 9.17) is 22.1 Å². The molecule has 0 aliphatic carbocycles. The molecule has 0 amide bonds. The number of fused-ring (bicyclic) bond motifs is 1. The van der Waals surface area contributed by atoms with E-state index in [1.807, 2.05) is 6.92 Å². The minimum absolute atomic E-state index is 0. The van der Waals surface area contributed by atoms with Gasteiger partial charge >= 0.3 is 0 Å². The molecule has 0 spiro atoms. The molecule has 2 rings (SSSR count). The predicted octanol–water partition coefficient (Wildman–Crippen LogP) is 0.193. The smallest absolute Gasteiger partial charge is 0.112 e. The maximum absolute atomic E-state index is 5.64. The molecule has 3 radical (unpaired) electrons. The molecule has 0 N–H and O–H groups in total. The van der Waals surface area contributed by atoms with Crippen LogP contribution in [-0.2, 0) is 14.2 Å². The van der Waals surface area contributed by atoms with Crippen molar-refractivity contribution in [3.8, 4) is 0 Å². The minimum Gasteiger partial charge on any atom is -0.519 e. The van der Waals surface area contributed by atoms with Crippen LogP contribution in [-0.4, -0.2) is 32.2 Å². The van der Waals surface area contributed by atoms with Gasteiger partial charge in [-0.3, -0.25) is 0 Å². The van der Waals surface area contributed by atoms with E-state index in [0.29, 0.717) is 0 Å². The second kappa shape index (κ2) is 4.58. The summed E-state index contributed by atoms with van der Waals surface area (Å²) in [6, 6.07) is -0.330. The van der Waals surface area contributed by atoms with Crippen molar-refractivity contribution in [2.24, 2.45) is 0 Å². The fourth-order valence-corrected chi connectivity index (χ4v) is 1.56. The second-order valence-corrected chi connectivity index (χ2v) is 2.85. The molecule has 4 atom stereocenters. The van der Waals surface area contributed by atoms with Gasteiger partial charge in [-0.05, 0) is 6.42 Å². The van der Waals surface area contributed by atoms with E-state index >= 15 is 0 Å². The van der Waals surface area contributed by atoms with Crippen LogP contribution in [0.15, 0.2) is 0 Å². The summed E-state index contributed by atoms with van der Waals surface area (Å²) >= 11 is 0. The summed E-state index contributed by atoms with van der Waals surface area (Å²) < 4.78 is 15.7. The summed E-state index contributed by atoms with van der Waals surface area (Å²) in [5.74, 6) is 0. The number of hydrogen-bond acceptors (Lipinski definition) is 3. The zero-order chi connectivity index (χ0) is 7.84. The first-order valence-electron chi connectivity index (χ1n) is 3.86. The predicted molar refractivity (Wildman–Crippen MR) is 38.8 cm³/mol. The molecule has 63 valence electrons. The first-order valence-corrected chi connectivity index (χ1v) is 3.86. The van der Waals surface area contributed by atoms with Gasteiger partial charge in [-0.2, -0.15) is 0 Å². The number of ether oxygens (including phenoxy) is 3. The summed E-state index contributed by atoms with van der Waals surface area (Å²) in [6.07, 6.45) is 0.912. The number of hydrogen-bond donors (Lipinski definition) is 0. The van der Waals surface area contributed by atoms with E-state index < -0.39 is 0 Å². The Morgan fingerprint density at radius 1 is 1.33 bits per heavy atom. The van der Waals surface area contributed by atoms with Crippen LogP contribution in [0, 0.1) is 42.4 Å². The third-order valence-electron chi connectivity index (χ3n) is 2.17. The summed E-state index contributed by atoms with van der Waals surface area (Å²) in [6.45, 7) is 3.40. The number of rotatable bonds is 1. The summed E-state index contributed by atoms with van der Waals surface area (Å²) in [4.78, 5) is 0. The molecule has 2 heterocycles. The van der Waals surface area contributed by atoms with Gasteiger partial charge in [0.05, 0.1) is 18.3 Å². The first kappa shape index (κ1) is 11.2. The van der Waals surface area contributed by atoms with Gasteiger partial charge in [0.15, 0.2) is 0 Å². The molecule has 0 aromatic rings. The summed E-state index contributed by atoms with van der Waals surface area (Å²) in [5.41, 5.74) is 0. The molecule has 0 bridgehead atoms. The summed E-state index contributed by atoms with van der Waals surface area (Å²) in [7, 11) is 5.64. The van der Waals surface area contributed by atoms with E-state index in [-0.39, 0.29) is 59.9 Å². The van der Waals surface area contributed by atoms with Gasteiger partial charge in [0.2, 0.25) is 0 Å². The fraction of sp³-hybridized carbons (Fsp3) is 0.857. The van der Waals surface area contributed by atoms with Gasteiger partial charge in [0.1, 0.15) is 7.85 Å². The van der Waals surface area contributed by atoms with Crippen LogP contribution >= 0.6 is 0 Å². The zero-order valence-electron chi connectivity index (χ0n) is 6.97. The molecule has 2 fully saturated rings. The molecule has 2 unspecified atom stereocenters. The second-order valence-electron chi connectivity index (χ2n) is 2.85. The van der Waals surface area contributed by atoms with Crippen LogP contribution in [0.4, 0.5) is 0 Å². The quantitative estimate of drug-likeness (QED) is 0.510. The van der Waals surface area contributed by atoms with Crippen LogP contribution < -0.4 is 0 Å². The van der Waals surface area contributed by atoms with E-state index in [1.165, 1.54) is 6.79 Å². The van der Waals surface area contributed by atoms with Crippen LogP contribution in [0.25, 0.3) is 0 Å². The molecular weight excluding hydrogens is 282 g/mol. The van der Waals surface area contributed by atoms with Crippen molar-refractivity contribution in [1.82, 2.24) is 0 Å². The van der Waals surface area contributed by atoms with Gasteiger partial charge in [0, 0.05) is 41.6 Å². The van der Waals surface area contributed by atoms with E-state index in [0.717, 1.165) is 6.42 Å². The van der Waals surface area contributed by atoms with Gasteiger partial charge < -0.3 is 14.2 Å². The van der Waals surface area contributed by atoms with Crippen molar-refractivity contribution in [3.63, 3.8) is 0 Å². The Balaban J connectivity index is 0.000000720.